The molecule has 0 atom stereocenters. The van der Waals surface area contributed by atoms with Crippen molar-refractivity contribution in [3.8, 4) is 0 Å². The van der Waals surface area contributed by atoms with E-state index >= 15 is 0 Å². The molecule has 2 rings (SSSR count). The molecule has 0 aromatic rings. The van der Waals surface area contributed by atoms with Crippen LogP contribution >= 0.6 is 7.60 Å². The van der Waals surface area contributed by atoms with Crippen LogP contribution < -0.4 is 0 Å². The van der Waals surface area contributed by atoms with Crippen LogP contribution in [-0.2, 0) is 13.6 Å². The summed E-state index contributed by atoms with van der Waals surface area (Å²) in [5.74, 6) is 0. The fraction of sp³-hybridized carbons (Fsp3) is 1.00. The molecule has 2 aliphatic rings. The lowest BCUT2D eigenvalue weighted by Gasteiger charge is -2.42. The van der Waals surface area contributed by atoms with Crippen LogP contribution in [0.1, 0.15) is 46.0 Å². The topological polar surface area (TPSA) is 55.8 Å². The summed E-state index contributed by atoms with van der Waals surface area (Å²) in [7, 11) is -3.33. The predicted octanol–water partition coefficient (Wildman–Crippen LogP) is 2.91. The summed E-state index contributed by atoms with van der Waals surface area (Å²) < 4.78 is 23.3. The lowest BCUT2D eigenvalue weighted by atomic mass is 9.97. The summed E-state index contributed by atoms with van der Waals surface area (Å²) in [6, 6.07) is 0. The maximum Gasteiger partial charge on any atom is 0.361 e. The second-order valence-electron chi connectivity index (χ2n) is 5.75. The quantitative estimate of drug-likeness (QED) is 0.725. The van der Waals surface area contributed by atoms with Crippen LogP contribution in [0.15, 0.2) is 0 Å². The average molecular weight is 248 g/mol. The van der Waals surface area contributed by atoms with E-state index in [-0.39, 0.29) is 5.41 Å². The monoisotopic (exact) mass is 248 g/mol. The fourth-order valence-electron chi connectivity index (χ4n) is 2.23. The summed E-state index contributed by atoms with van der Waals surface area (Å²) in [5, 5.41) is 9.18. The molecule has 1 saturated carbocycles. The van der Waals surface area contributed by atoms with Gasteiger partial charge in [-0.15, -0.1) is 0 Å². The average Bonchev–Trinajstić information content (AvgIpc) is 2.24. The largest absolute Gasteiger partial charge is 0.377 e. The second-order valence-corrected chi connectivity index (χ2v) is 8.10. The minimum Gasteiger partial charge on any atom is -0.377 e. The maximum atomic E-state index is 12.5. The molecule has 1 saturated heterocycles. The maximum absolute atomic E-state index is 12.5. The lowest BCUT2D eigenvalue weighted by Crippen LogP contribution is -2.39. The van der Waals surface area contributed by atoms with Gasteiger partial charge in [0.2, 0.25) is 0 Å². The summed E-state index contributed by atoms with van der Waals surface area (Å²) in [4.78, 5) is 0. The lowest BCUT2D eigenvalue weighted by molar-refractivity contribution is -0.0159. The van der Waals surface area contributed by atoms with Gasteiger partial charge in [-0.05, 0) is 25.7 Å². The minimum absolute atomic E-state index is 0.112. The van der Waals surface area contributed by atoms with Crippen molar-refractivity contribution in [2.75, 3.05) is 13.2 Å². The highest BCUT2D eigenvalue weighted by Gasteiger charge is 2.53. The Morgan fingerprint density at radius 1 is 1.06 bits per heavy atom. The van der Waals surface area contributed by atoms with E-state index in [1.807, 2.05) is 13.8 Å². The first kappa shape index (κ1) is 12.6. The van der Waals surface area contributed by atoms with Gasteiger partial charge < -0.3 is 14.2 Å². The molecule has 0 amide bonds. The van der Waals surface area contributed by atoms with Crippen LogP contribution in [0.25, 0.3) is 0 Å². The van der Waals surface area contributed by atoms with Crippen LogP contribution in [-0.4, -0.2) is 23.7 Å². The number of hydrogen-bond donors (Lipinski definition) is 1. The third-order valence-electron chi connectivity index (χ3n) is 3.41. The Labute approximate surface area is 96.9 Å². The van der Waals surface area contributed by atoms with E-state index in [0.29, 0.717) is 26.1 Å². The van der Waals surface area contributed by atoms with E-state index in [1.54, 1.807) is 0 Å². The van der Waals surface area contributed by atoms with Crippen LogP contribution in [0.5, 0.6) is 0 Å². The Morgan fingerprint density at radius 2 is 1.56 bits per heavy atom. The predicted molar refractivity (Wildman–Crippen MR) is 61.3 cm³/mol. The van der Waals surface area contributed by atoms with E-state index < -0.39 is 12.9 Å². The van der Waals surface area contributed by atoms with Gasteiger partial charge in [0, 0.05) is 5.41 Å². The van der Waals surface area contributed by atoms with Gasteiger partial charge >= 0.3 is 7.60 Å². The van der Waals surface area contributed by atoms with Crippen LogP contribution in [0.3, 0.4) is 0 Å². The van der Waals surface area contributed by atoms with Gasteiger partial charge in [0.05, 0.1) is 13.2 Å². The smallest absolute Gasteiger partial charge is 0.361 e. The van der Waals surface area contributed by atoms with Crippen molar-refractivity contribution in [1.82, 2.24) is 0 Å². The van der Waals surface area contributed by atoms with Crippen molar-refractivity contribution in [3.63, 3.8) is 0 Å². The van der Waals surface area contributed by atoms with E-state index in [9.17, 15) is 9.67 Å². The van der Waals surface area contributed by atoms with Crippen molar-refractivity contribution < 1.29 is 18.7 Å². The molecule has 0 bridgehead atoms. The molecule has 0 unspecified atom stereocenters. The van der Waals surface area contributed by atoms with E-state index in [2.05, 4.69) is 0 Å². The molecule has 1 aliphatic heterocycles. The Hall–Kier alpha value is 0.110. The third kappa shape index (κ3) is 2.21. The van der Waals surface area contributed by atoms with Gasteiger partial charge in [-0.25, -0.2) is 0 Å². The van der Waals surface area contributed by atoms with Gasteiger partial charge in [-0.1, -0.05) is 20.3 Å². The van der Waals surface area contributed by atoms with Crippen LogP contribution in [0.4, 0.5) is 0 Å². The fourth-order valence-corrected chi connectivity index (χ4v) is 4.69. The van der Waals surface area contributed by atoms with Crippen molar-refractivity contribution in [2.24, 2.45) is 5.41 Å². The van der Waals surface area contributed by atoms with E-state index in [1.165, 1.54) is 0 Å². The molecule has 0 spiro atoms. The molecule has 94 valence electrons. The normalized spacial score (nSPS) is 32.2. The van der Waals surface area contributed by atoms with E-state index in [4.69, 9.17) is 9.05 Å². The Balaban J connectivity index is 2.11. The summed E-state index contributed by atoms with van der Waals surface area (Å²) >= 11 is 0. The van der Waals surface area contributed by atoms with Gasteiger partial charge in [0.15, 0.2) is 5.34 Å². The Morgan fingerprint density at radius 3 is 2.06 bits per heavy atom. The zero-order valence-electron chi connectivity index (χ0n) is 10.1. The number of rotatable bonds is 1. The molecule has 1 N–H and O–H groups in total. The first-order chi connectivity index (χ1) is 7.37. The first-order valence-electron chi connectivity index (χ1n) is 5.99. The number of hydrogen-bond acceptors (Lipinski definition) is 4. The Bertz CT molecular complexity index is 293. The highest BCUT2D eigenvalue weighted by molar-refractivity contribution is 7.55. The van der Waals surface area contributed by atoms with Gasteiger partial charge in [-0.3, -0.25) is 4.57 Å². The highest BCUT2D eigenvalue weighted by atomic mass is 31.2. The summed E-state index contributed by atoms with van der Waals surface area (Å²) in [6.45, 7) is 4.79. The standard InChI is InChI=1S/C11H21O4P/c1-10(2)8-14-16(13,15-9-10)11(12)6-4-3-5-7-11/h12H,3-9H2,1-2H3. The molecule has 5 heteroatoms. The van der Waals surface area contributed by atoms with Crippen molar-refractivity contribution in [2.45, 2.75) is 51.3 Å². The zero-order valence-corrected chi connectivity index (χ0v) is 11.0. The van der Waals surface area contributed by atoms with Crippen molar-refractivity contribution >= 4 is 7.60 Å². The Kier molecular flexibility index (Phi) is 3.21. The molecule has 1 heterocycles. The summed E-state index contributed by atoms with van der Waals surface area (Å²) in [5.41, 5.74) is -0.112. The van der Waals surface area contributed by atoms with E-state index in [0.717, 1.165) is 19.3 Å². The highest BCUT2D eigenvalue weighted by Crippen LogP contribution is 2.66. The summed E-state index contributed by atoms with van der Waals surface area (Å²) in [6.07, 6.45) is 3.95. The second kappa shape index (κ2) is 4.09. The zero-order chi connectivity index (χ0) is 11.9. The SMILES string of the molecule is CC1(C)COP(=O)(C2(O)CCCCC2)OC1. The van der Waals surface area contributed by atoms with Crippen LogP contribution in [0.2, 0.25) is 0 Å². The van der Waals surface area contributed by atoms with Crippen LogP contribution in [0, 0.1) is 5.41 Å². The molecule has 0 aromatic heterocycles. The molecule has 2 fully saturated rings. The molecular formula is C11H21O4P. The molecule has 1 aliphatic carbocycles. The molecule has 0 aromatic carbocycles. The minimum atomic E-state index is -3.33. The first-order valence-corrected chi connectivity index (χ1v) is 7.53. The van der Waals surface area contributed by atoms with Gasteiger partial charge in [0.1, 0.15) is 0 Å². The number of aliphatic hydroxyl groups is 1. The van der Waals surface area contributed by atoms with Crippen molar-refractivity contribution in [3.05, 3.63) is 0 Å². The van der Waals surface area contributed by atoms with Gasteiger partial charge in [0.25, 0.3) is 0 Å². The van der Waals surface area contributed by atoms with Crippen molar-refractivity contribution in [1.29, 1.82) is 0 Å². The molecular weight excluding hydrogens is 227 g/mol. The third-order valence-corrected chi connectivity index (χ3v) is 5.82. The molecule has 4 nitrogen and oxygen atoms in total. The molecule has 16 heavy (non-hydrogen) atoms. The molecule has 0 radical (unpaired) electrons. The van der Waals surface area contributed by atoms with Gasteiger partial charge in [-0.2, -0.15) is 0 Å².